The van der Waals surface area contributed by atoms with Crippen LogP contribution in [-0.4, -0.2) is 79.3 Å². The zero-order valence-corrected chi connectivity index (χ0v) is 20.5. The Bertz CT molecular complexity index is 481. The quantitative estimate of drug-likeness (QED) is 0.249. The van der Waals surface area contributed by atoms with E-state index in [1.54, 1.807) is 0 Å². The van der Waals surface area contributed by atoms with Crippen LogP contribution in [0.2, 0.25) is 0 Å². The molecule has 2 fully saturated rings. The van der Waals surface area contributed by atoms with Crippen molar-refractivity contribution >= 4 is 36.0 Å². The summed E-state index contributed by atoms with van der Waals surface area (Å²) in [6.07, 6.45) is 6.01. The van der Waals surface area contributed by atoms with Gasteiger partial charge in [0.2, 0.25) is 0 Å². The van der Waals surface area contributed by atoms with Gasteiger partial charge in [-0.25, -0.2) is 4.79 Å². The second kappa shape index (κ2) is 12.7. The van der Waals surface area contributed by atoms with Crippen molar-refractivity contribution in [3.8, 4) is 0 Å². The summed E-state index contributed by atoms with van der Waals surface area (Å²) in [4.78, 5) is 21.1. The van der Waals surface area contributed by atoms with E-state index in [-0.39, 0.29) is 30.1 Å². The summed E-state index contributed by atoms with van der Waals surface area (Å²) >= 11 is 0. The van der Waals surface area contributed by atoms with Gasteiger partial charge in [0.15, 0.2) is 5.96 Å². The van der Waals surface area contributed by atoms with E-state index < -0.39 is 5.60 Å². The van der Waals surface area contributed by atoms with Crippen molar-refractivity contribution in [1.29, 1.82) is 0 Å². The van der Waals surface area contributed by atoms with E-state index in [4.69, 9.17) is 9.73 Å². The van der Waals surface area contributed by atoms with E-state index in [0.29, 0.717) is 6.04 Å². The molecule has 164 valence electrons. The highest BCUT2D eigenvalue weighted by molar-refractivity contribution is 14.0. The molecule has 0 spiro atoms. The molecule has 0 unspecified atom stereocenters. The molecule has 0 aromatic rings. The Morgan fingerprint density at radius 3 is 2.36 bits per heavy atom. The molecule has 1 aliphatic carbocycles. The van der Waals surface area contributed by atoms with Crippen LogP contribution < -0.4 is 10.6 Å². The maximum absolute atomic E-state index is 12.1. The number of hydrogen-bond acceptors (Lipinski definition) is 4. The van der Waals surface area contributed by atoms with Crippen LogP contribution >= 0.6 is 24.0 Å². The smallest absolute Gasteiger partial charge is 0.410 e. The van der Waals surface area contributed by atoms with Crippen LogP contribution in [-0.2, 0) is 4.74 Å². The van der Waals surface area contributed by atoms with E-state index in [1.807, 2.05) is 25.7 Å². The van der Waals surface area contributed by atoms with Gasteiger partial charge in [-0.15, -0.1) is 24.0 Å². The molecule has 2 aliphatic rings. The van der Waals surface area contributed by atoms with Gasteiger partial charge in [0.25, 0.3) is 0 Å². The van der Waals surface area contributed by atoms with Crippen molar-refractivity contribution in [2.75, 3.05) is 45.8 Å². The summed E-state index contributed by atoms with van der Waals surface area (Å²) < 4.78 is 5.45. The maximum Gasteiger partial charge on any atom is 0.410 e. The first-order valence-corrected chi connectivity index (χ1v) is 10.6. The summed E-state index contributed by atoms with van der Waals surface area (Å²) in [6.45, 7) is 13.9. The van der Waals surface area contributed by atoms with Gasteiger partial charge in [0.05, 0.1) is 0 Å². The van der Waals surface area contributed by atoms with Gasteiger partial charge in [-0.1, -0.05) is 12.8 Å². The first kappa shape index (κ1) is 25.3. The third kappa shape index (κ3) is 9.62. The SMILES string of the molecule is CCNC(=NCCCN1CCN(C(=O)OC(C)(C)C)CC1)NC1CCCC1.I. The van der Waals surface area contributed by atoms with E-state index in [2.05, 4.69) is 22.5 Å². The molecule has 0 atom stereocenters. The first-order chi connectivity index (χ1) is 12.9. The molecule has 1 amide bonds. The average molecular weight is 509 g/mol. The summed E-state index contributed by atoms with van der Waals surface area (Å²) in [5, 5.41) is 6.91. The minimum absolute atomic E-state index is 0. The average Bonchev–Trinajstić information content (AvgIpc) is 3.11. The molecule has 0 radical (unpaired) electrons. The zero-order chi connectivity index (χ0) is 19.7. The maximum atomic E-state index is 12.1. The van der Waals surface area contributed by atoms with Gasteiger partial charge in [-0.05, 0) is 47.0 Å². The fraction of sp³-hybridized carbons (Fsp3) is 0.900. The lowest BCUT2D eigenvalue weighted by molar-refractivity contribution is 0.0145. The van der Waals surface area contributed by atoms with Crippen molar-refractivity contribution in [3.63, 3.8) is 0 Å². The largest absolute Gasteiger partial charge is 0.444 e. The number of halogens is 1. The van der Waals surface area contributed by atoms with Crippen molar-refractivity contribution in [3.05, 3.63) is 0 Å². The van der Waals surface area contributed by atoms with Crippen molar-refractivity contribution in [1.82, 2.24) is 20.4 Å². The van der Waals surface area contributed by atoms with E-state index in [0.717, 1.165) is 58.2 Å². The fourth-order valence-corrected chi connectivity index (χ4v) is 3.55. The Balaban J connectivity index is 0.00000392. The number of carbonyl (C=O) groups excluding carboxylic acids is 1. The highest BCUT2D eigenvalue weighted by Crippen LogP contribution is 2.17. The van der Waals surface area contributed by atoms with Gasteiger partial charge < -0.3 is 20.3 Å². The van der Waals surface area contributed by atoms with Gasteiger partial charge in [0.1, 0.15) is 5.60 Å². The number of rotatable bonds is 6. The van der Waals surface area contributed by atoms with Crippen LogP contribution in [0.25, 0.3) is 0 Å². The Kier molecular flexibility index (Phi) is 11.5. The number of nitrogens with zero attached hydrogens (tertiary/aromatic N) is 3. The molecule has 0 bridgehead atoms. The highest BCUT2D eigenvalue weighted by atomic mass is 127. The predicted octanol–water partition coefficient (Wildman–Crippen LogP) is 3.04. The number of amides is 1. The lowest BCUT2D eigenvalue weighted by Crippen LogP contribution is -2.50. The van der Waals surface area contributed by atoms with Crippen LogP contribution in [0.3, 0.4) is 0 Å². The molecule has 1 heterocycles. The lowest BCUT2D eigenvalue weighted by Gasteiger charge is -2.35. The van der Waals surface area contributed by atoms with E-state index >= 15 is 0 Å². The van der Waals surface area contributed by atoms with Crippen LogP contribution in [0, 0.1) is 0 Å². The molecule has 0 aromatic heterocycles. The molecule has 2 N–H and O–H groups in total. The predicted molar refractivity (Wildman–Crippen MR) is 126 cm³/mol. The standard InChI is InChI=1S/C20H39N5O2.HI/c1-5-21-18(23-17-9-6-7-10-17)22-11-8-12-24-13-15-25(16-14-24)19(26)27-20(2,3)4;/h17H,5-16H2,1-4H3,(H2,21,22,23);1H. The number of aliphatic imine (C=N–C) groups is 1. The van der Waals surface area contributed by atoms with Crippen LogP contribution in [0.5, 0.6) is 0 Å². The lowest BCUT2D eigenvalue weighted by atomic mass is 10.2. The summed E-state index contributed by atoms with van der Waals surface area (Å²) in [6, 6.07) is 0.587. The number of piperazine rings is 1. The molecule has 1 aliphatic heterocycles. The number of ether oxygens (including phenoxy) is 1. The number of guanidine groups is 1. The molecular formula is C20H40IN5O2. The Labute approximate surface area is 188 Å². The molecule has 1 saturated carbocycles. The fourth-order valence-electron chi connectivity index (χ4n) is 3.55. The summed E-state index contributed by atoms with van der Waals surface area (Å²) in [5.74, 6) is 0.958. The highest BCUT2D eigenvalue weighted by Gasteiger charge is 2.25. The van der Waals surface area contributed by atoms with E-state index in [9.17, 15) is 4.79 Å². The summed E-state index contributed by atoms with van der Waals surface area (Å²) in [7, 11) is 0. The van der Waals surface area contributed by atoms with Crippen LogP contribution in [0.4, 0.5) is 4.79 Å². The van der Waals surface area contributed by atoms with Crippen LogP contribution in [0.15, 0.2) is 4.99 Å². The molecule has 8 heteroatoms. The zero-order valence-electron chi connectivity index (χ0n) is 18.1. The second-order valence-electron chi connectivity index (χ2n) is 8.55. The van der Waals surface area contributed by atoms with Gasteiger partial charge in [0, 0.05) is 51.9 Å². The Morgan fingerprint density at radius 1 is 1.14 bits per heavy atom. The first-order valence-electron chi connectivity index (χ1n) is 10.6. The van der Waals surface area contributed by atoms with Crippen molar-refractivity contribution < 1.29 is 9.53 Å². The van der Waals surface area contributed by atoms with Crippen LogP contribution in [0.1, 0.15) is 59.8 Å². The Morgan fingerprint density at radius 2 is 1.79 bits per heavy atom. The minimum Gasteiger partial charge on any atom is -0.444 e. The number of carbonyl (C=O) groups is 1. The van der Waals surface area contributed by atoms with Crippen molar-refractivity contribution in [2.45, 2.75) is 71.4 Å². The third-order valence-corrected chi connectivity index (χ3v) is 4.97. The van der Waals surface area contributed by atoms with Gasteiger partial charge >= 0.3 is 6.09 Å². The third-order valence-electron chi connectivity index (χ3n) is 4.97. The minimum atomic E-state index is -0.428. The molecule has 2 rings (SSSR count). The normalized spacial score (nSPS) is 19.3. The second-order valence-corrected chi connectivity index (χ2v) is 8.55. The monoisotopic (exact) mass is 509 g/mol. The molecule has 1 saturated heterocycles. The Hall–Kier alpha value is -0.770. The molecule has 28 heavy (non-hydrogen) atoms. The van der Waals surface area contributed by atoms with Crippen molar-refractivity contribution in [2.24, 2.45) is 4.99 Å². The number of nitrogens with one attached hydrogen (secondary N) is 2. The molecule has 7 nitrogen and oxygen atoms in total. The molecule has 0 aromatic carbocycles. The van der Waals surface area contributed by atoms with Gasteiger partial charge in [-0.3, -0.25) is 9.89 Å². The molecular weight excluding hydrogens is 469 g/mol. The topological polar surface area (TPSA) is 69.2 Å². The van der Waals surface area contributed by atoms with Gasteiger partial charge in [-0.2, -0.15) is 0 Å². The number of hydrogen-bond donors (Lipinski definition) is 2. The summed E-state index contributed by atoms with van der Waals surface area (Å²) in [5.41, 5.74) is -0.428. The van der Waals surface area contributed by atoms with E-state index in [1.165, 1.54) is 25.7 Å².